The second kappa shape index (κ2) is 9.67. The van der Waals surface area contributed by atoms with E-state index in [0.29, 0.717) is 5.92 Å². The molecule has 26 heavy (non-hydrogen) atoms. The molecule has 2 aromatic rings. The molecule has 0 aliphatic heterocycles. The Labute approximate surface area is 163 Å². The Morgan fingerprint density at radius 2 is 1.85 bits per heavy atom. The van der Waals surface area contributed by atoms with Crippen molar-refractivity contribution >= 4 is 23.0 Å². The van der Waals surface area contributed by atoms with Crippen LogP contribution in [0, 0.1) is 12.8 Å². The minimum absolute atomic E-state index is 0.200. The molecule has 1 heterocycles. The van der Waals surface area contributed by atoms with Gasteiger partial charge >= 0.3 is 0 Å². The maximum Gasteiger partial charge on any atom is 0.173 e. The van der Waals surface area contributed by atoms with Gasteiger partial charge in [-0.3, -0.25) is 4.98 Å². The number of anilines is 1. The summed E-state index contributed by atoms with van der Waals surface area (Å²) in [6.45, 7) is 12.0. The number of nitrogens with zero attached hydrogens (tertiary/aromatic N) is 2. The molecule has 0 spiro atoms. The summed E-state index contributed by atoms with van der Waals surface area (Å²) in [5, 5.41) is 4.34. The highest BCUT2D eigenvalue weighted by Crippen LogP contribution is 2.25. The number of hydrogen-bond acceptors (Lipinski definition) is 2. The predicted molar refractivity (Wildman–Crippen MR) is 116 cm³/mol. The van der Waals surface area contributed by atoms with Crippen LogP contribution in [0.4, 0.5) is 5.69 Å². The zero-order valence-electron chi connectivity index (χ0n) is 16.6. The first-order valence-electron chi connectivity index (χ1n) is 9.50. The Kier molecular flexibility index (Phi) is 7.58. The van der Waals surface area contributed by atoms with Gasteiger partial charge in [0.25, 0.3) is 0 Å². The van der Waals surface area contributed by atoms with Gasteiger partial charge in [-0.25, -0.2) is 0 Å². The minimum Gasteiger partial charge on any atom is -0.342 e. The summed E-state index contributed by atoms with van der Waals surface area (Å²) in [6, 6.07) is 10.8. The molecule has 140 valence electrons. The molecular formula is C22H31N3S. The fourth-order valence-electron chi connectivity index (χ4n) is 3.07. The minimum atomic E-state index is 0.200. The van der Waals surface area contributed by atoms with Crippen molar-refractivity contribution in [2.24, 2.45) is 5.92 Å². The average Bonchev–Trinajstić information content (AvgIpc) is 2.63. The van der Waals surface area contributed by atoms with Gasteiger partial charge in [0.05, 0.1) is 6.04 Å². The van der Waals surface area contributed by atoms with Crippen LogP contribution in [0.2, 0.25) is 0 Å². The molecule has 1 aromatic heterocycles. The van der Waals surface area contributed by atoms with Crippen LogP contribution in [0.1, 0.15) is 56.8 Å². The van der Waals surface area contributed by atoms with Crippen molar-refractivity contribution in [2.75, 3.05) is 11.9 Å². The first-order valence-corrected chi connectivity index (χ1v) is 9.90. The second-order valence-corrected chi connectivity index (χ2v) is 7.61. The number of hydrogen-bond donors (Lipinski definition) is 1. The molecule has 0 fully saturated rings. The number of rotatable bonds is 7. The predicted octanol–water partition coefficient (Wildman–Crippen LogP) is 5.76. The maximum atomic E-state index is 5.85. The molecule has 0 amide bonds. The zero-order chi connectivity index (χ0) is 19.1. The molecule has 0 aliphatic carbocycles. The van der Waals surface area contributed by atoms with Gasteiger partial charge in [0.2, 0.25) is 0 Å². The second-order valence-electron chi connectivity index (χ2n) is 7.23. The van der Waals surface area contributed by atoms with E-state index < -0.39 is 0 Å². The number of benzene rings is 1. The van der Waals surface area contributed by atoms with Gasteiger partial charge < -0.3 is 10.2 Å². The van der Waals surface area contributed by atoms with E-state index in [-0.39, 0.29) is 6.04 Å². The highest BCUT2D eigenvalue weighted by Gasteiger charge is 2.20. The first-order chi connectivity index (χ1) is 12.4. The van der Waals surface area contributed by atoms with Gasteiger partial charge in [-0.05, 0) is 73.6 Å². The van der Waals surface area contributed by atoms with Gasteiger partial charge in [0, 0.05) is 24.6 Å². The highest BCUT2D eigenvalue weighted by atomic mass is 32.1. The average molecular weight is 370 g/mol. The molecule has 0 saturated carbocycles. The lowest BCUT2D eigenvalue weighted by molar-refractivity contribution is 0.318. The molecule has 0 aliphatic rings. The van der Waals surface area contributed by atoms with Crippen LogP contribution in [-0.2, 0) is 6.42 Å². The standard InChI is InChI=1S/C22H31N3S/c1-6-19-9-7-8-17(4)21(19)24-22(26)25(15-12-16(2)3)18(5)20-10-13-23-14-11-20/h7-11,13-14,16,18H,6,12,15H2,1-5H3,(H,24,26)/t18-/m1/s1. The quantitative estimate of drug-likeness (QED) is 0.628. The van der Waals surface area contributed by atoms with Crippen molar-refractivity contribution in [3.8, 4) is 0 Å². The van der Waals surface area contributed by atoms with Crippen LogP contribution in [0.5, 0.6) is 0 Å². The lowest BCUT2D eigenvalue weighted by Crippen LogP contribution is -2.38. The smallest absolute Gasteiger partial charge is 0.173 e. The first kappa shape index (κ1) is 20.4. The van der Waals surface area contributed by atoms with Crippen LogP contribution >= 0.6 is 12.2 Å². The summed E-state index contributed by atoms with van der Waals surface area (Å²) in [4.78, 5) is 6.44. The van der Waals surface area contributed by atoms with E-state index in [2.05, 4.69) is 80.2 Å². The largest absolute Gasteiger partial charge is 0.342 e. The van der Waals surface area contributed by atoms with Crippen molar-refractivity contribution in [2.45, 2.75) is 53.5 Å². The van der Waals surface area contributed by atoms with E-state index in [9.17, 15) is 0 Å². The zero-order valence-corrected chi connectivity index (χ0v) is 17.4. The summed E-state index contributed by atoms with van der Waals surface area (Å²) in [5.41, 5.74) is 4.91. The third-order valence-corrected chi connectivity index (χ3v) is 5.17. The SMILES string of the molecule is CCc1cccc(C)c1NC(=S)N(CCC(C)C)[C@H](C)c1ccncc1. The maximum absolute atomic E-state index is 5.85. The van der Waals surface area contributed by atoms with E-state index in [0.717, 1.165) is 30.2 Å². The lowest BCUT2D eigenvalue weighted by Gasteiger charge is -2.33. The van der Waals surface area contributed by atoms with Gasteiger partial charge in [-0.2, -0.15) is 0 Å². The number of thiocarbonyl (C=S) groups is 1. The monoisotopic (exact) mass is 369 g/mol. The highest BCUT2D eigenvalue weighted by molar-refractivity contribution is 7.80. The Balaban J connectivity index is 2.26. The van der Waals surface area contributed by atoms with Gasteiger partial charge in [-0.1, -0.05) is 39.0 Å². The van der Waals surface area contributed by atoms with Crippen LogP contribution < -0.4 is 5.32 Å². The van der Waals surface area contributed by atoms with Crippen LogP contribution in [0.25, 0.3) is 0 Å². The molecular weight excluding hydrogens is 338 g/mol. The number of pyridine rings is 1. The molecule has 0 saturated heterocycles. The summed E-state index contributed by atoms with van der Waals surface area (Å²) >= 11 is 5.85. The Morgan fingerprint density at radius 3 is 2.46 bits per heavy atom. The Bertz CT molecular complexity index is 713. The molecule has 4 heteroatoms. The van der Waals surface area contributed by atoms with Gasteiger partial charge in [-0.15, -0.1) is 0 Å². The van der Waals surface area contributed by atoms with Crippen LogP contribution in [0.15, 0.2) is 42.7 Å². The fourth-order valence-corrected chi connectivity index (χ4v) is 3.42. The van der Waals surface area contributed by atoms with Crippen molar-refractivity contribution < 1.29 is 0 Å². The molecule has 0 unspecified atom stereocenters. The van der Waals surface area contributed by atoms with E-state index in [1.165, 1.54) is 16.7 Å². The lowest BCUT2D eigenvalue weighted by atomic mass is 10.1. The van der Waals surface area contributed by atoms with E-state index >= 15 is 0 Å². The number of para-hydroxylation sites is 1. The third kappa shape index (κ3) is 5.28. The number of nitrogens with one attached hydrogen (secondary N) is 1. The Morgan fingerprint density at radius 1 is 1.15 bits per heavy atom. The number of aromatic nitrogens is 1. The summed E-state index contributed by atoms with van der Waals surface area (Å²) in [7, 11) is 0. The molecule has 1 atom stereocenters. The molecule has 0 radical (unpaired) electrons. The van der Waals surface area contributed by atoms with E-state index in [4.69, 9.17) is 12.2 Å². The molecule has 2 rings (SSSR count). The normalized spacial score (nSPS) is 12.1. The fraction of sp³-hybridized carbons (Fsp3) is 0.455. The summed E-state index contributed by atoms with van der Waals surface area (Å²) in [5.74, 6) is 0.634. The topological polar surface area (TPSA) is 28.2 Å². The van der Waals surface area contributed by atoms with E-state index in [1.54, 1.807) is 0 Å². The molecule has 3 nitrogen and oxygen atoms in total. The van der Waals surface area contributed by atoms with Crippen molar-refractivity contribution in [3.63, 3.8) is 0 Å². The third-order valence-electron chi connectivity index (χ3n) is 4.84. The number of aryl methyl sites for hydroxylation is 2. The van der Waals surface area contributed by atoms with Crippen molar-refractivity contribution in [1.82, 2.24) is 9.88 Å². The van der Waals surface area contributed by atoms with Crippen LogP contribution in [-0.4, -0.2) is 21.5 Å². The van der Waals surface area contributed by atoms with Crippen molar-refractivity contribution in [3.05, 3.63) is 59.4 Å². The summed E-state index contributed by atoms with van der Waals surface area (Å²) in [6.07, 6.45) is 5.78. The van der Waals surface area contributed by atoms with Gasteiger partial charge in [0.1, 0.15) is 0 Å². The molecule has 1 aromatic carbocycles. The van der Waals surface area contributed by atoms with Crippen molar-refractivity contribution in [1.29, 1.82) is 0 Å². The summed E-state index contributed by atoms with van der Waals surface area (Å²) < 4.78 is 0. The molecule has 0 bridgehead atoms. The van der Waals surface area contributed by atoms with Gasteiger partial charge in [0.15, 0.2) is 5.11 Å². The van der Waals surface area contributed by atoms with Crippen LogP contribution in [0.3, 0.4) is 0 Å². The Hall–Kier alpha value is -1.94. The molecule has 1 N–H and O–H groups in total. The van der Waals surface area contributed by atoms with E-state index in [1.807, 2.05) is 12.4 Å².